The van der Waals surface area contributed by atoms with Crippen LogP contribution in [0.1, 0.15) is 50.0 Å². The molecule has 3 heteroatoms. The summed E-state index contributed by atoms with van der Waals surface area (Å²) < 4.78 is 0. The van der Waals surface area contributed by atoms with Crippen LogP contribution in [0.2, 0.25) is 0 Å². The third kappa shape index (κ3) is 3.50. The second-order valence-electron chi connectivity index (χ2n) is 5.48. The summed E-state index contributed by atoms with van der Waals surface area (Å²) in [6, 6.07) is 11.6. The number of aliphatic imine (C=N–C) groups is 1. The van der Waals surface area contributed by atoms with E-state index in [-0.39, 0.29) is 12.4 Å². The van der Waals surface area contributed by atoms with Gasteiger partial charge in [0.05, 0.1) is 5.84 Å². The number of nitrogens with one attached hydrogen (secondary N) is 1. The van der Waals surface area contributed by atoms with Crippen LogP contribution in [0.15, 0.2) is 35.3 Å². The Morgan fingerprint density at radius 2 is 1.84 bits per heavy atom. The zero-order valence-electron chi connectivity index (χ0n) is 11.3. The summed E-state index contributed by atoms with van der Waals surface area (Å²) in [7, 11) is 0. The van der Waals surface area contributed by atoms with Crippen LogP contribution < -0.4 is 5.32 Å². The fraction of sp³-hybridized carbons (Fsp3) is 0.562. The quantitative estimate of drug-likeness (QED) is 0.871. The number of benzene rings is 1. The van der Waals surface area contributed by atoms with Gasteiger partial charge in [-0.25, -0.2) is 0 Å². The van der Waals surface area contributed by atoms with Gasteiger partial charge in [0, 0.05) is 24.9 Å². The highest BCUT2D eigenvalue weighted by Crippen LogP contribution is 2.34. The van der Waals surface area contributed by atoms with Crippen LogP contribution in [-0.2, 0) is 0 Å². The molecule has 1 aromatic rings. The van der Waals surface area contributed by atoms with E-state index >= 15 is 0 Å². The number of rotatable bonds is 2. The predicted molar refractivity (Wildman–Crippen MR) is 83.4 cm³/mol. The molecule has 3 rings (SSSR count). The third-order valence-electron chi connectivity index (χ3n) is 4.22. The van der Waals surface area contributed by atoms with E-state index in [1.807, 2.05) is 0 Å². The minimum Gasteiger partial charge on any atom is -0.370 e. The summed E-state index contributed by atoms with van der Waals surface area (Å²) in [5, 5.41) is 3.72. The van der Waals surface area contributed by atoms with Crippen LogP contribution >= 0.6 is 12.4 Å². The summed E-state index contributed by atoms with van der Waals surface area (Å²) in [4.78, 5) is 4.63. The van der Waals surface area contributed by atoms with Crippen molar-refractivity contribution in [3.05, 3.63) is 35.9 Å². The monoisotopic (exact) mass is 278 g/mol. The van der Waals surface area contributed by atoms with Gasteiger partial charge in [0.1, 0.15) is 0 Å². The van der Waals surface area contributed by atoms with Gasteiger partial charge in [-0.15, -0.1) is 12.4 Å². The highest BCUT2D eigenvalue weighted by atomic mass is 35.5. The lowest BCUT2D eigenvalue weighted by atomic mass is 9.94. The van der Waals surface area contributed by atoms with E-state index in [2.05, 4.69) is 40.6 Å². The number of nitrogens with zero attached hydrogens (tertiary/aromatic N) is 1. The Balaban J connectivity index is 0.00000133. The molecular formula is C16H23ClN2. The molecule has 0 bridgehead atoms. The summed E-state index contributed by atoms with van der Waals surface area (Å²) >= 11 is 0. The maximum atomic E-state index is 4.63. The Kier molecular flexibility index (Phi) is 5.26. The fourth-order valence-electron chi connectivity index (χ4n) is 3.26. The first-order valence-corrected chi connectivity index (χ1v) is 7.28. The van der Waals surface area contributed by atoms with Crippen molar-refractivity contribution in [2.45, 2.75) is 50.5 Å². The molecule has 1 N–H and O–H groups in total. The number of hydrogen-bond donors (Lipinski definition) is 1. The van der Waals surface area contributed by atoms with Crippen molar-refractivity contribution in [2.75, 3.05) is 6.54 Å². The molecule has 0 radical (unpaired) electrons. The van der Waals surface area contributed by atoms with Crippen molar-refractivity contribution in [2.24, 2.45) is 4.99 Å². The lowest BCUT2D eigenvalue weighted by molar-refractivity contribution is 0.545. The Morgan fingerprint density at radius 1 is 1.00 bits per heavy atom. The molecule has 0 spiro atoms. The first-order valence-electron chi connectivity index (χ1n) is 7.28. The fourth-order valence-corrected chi connectivity index (χ4v) is 3.26. The van der Waals surface area contributed by atoms with E-state index in [9.17, 15) is 0 Å². The molecule has 2 unspecified atom stereocenters. The van der Waals surface area contributed by atoms with Gasteiger partial charge < -0.3 is 5.32 Å². The van der Waals surface area contributed by atoms with Crippen LogP contribution in [0.3, 0.4) is 0 Å². The second-order valence-corrected chi connectivity index (χ2v) is 5.48. The van der Waals surface area contributed by atoms with E-state index in [1.54, 1.807) is 0 Å². The Labute approximate surface area is 122 Å². The summed E-state index contributed by atoms with van der Waals surface area (Å²) in [6.45, 7) is 1.02. The Hall–Kier alpha value is -1.02. The van der Waals surface area contributed by atoms with Gasteiger partial charge in [0.25, 0.3) is 0 Å². The topological polar surface area (TPSA) is 24.4 Å². The average Bonchev–Trinajstić information content (AvgIpc) is 2.89. The minimum atomic E-state index is 0. The smallest absolute Gasteiger partial charge is 0.0965 e. The number of amidine groups is 1. The minimum absolute atomic E-state index is 0. The zero-order valence-corrected chi connectivity index (χ0v) is 12.2. The third-order valence-corrected chi connectivity index (χ3v) is 4.22. The van der Waals surface area contributed by atoms with Crippen LogP contribution in [0.4, 0.5) is 0 Å². The van der Waals surface area contributed by atoms with Crippen molar-refractivity contribution in [3.8, 4) is 0 Å². The van der Waals surface area contributed by atoms with Crippen LogP contribution in [0, 0.1) is 0 Å². The van der Waals surface area contributed by atoms with Crippen molar-refractivity contribution in [1.82, 2.24) is 5.32 Å². The van der Waals surface area contributed by atoms with Gasteiger partial charge in [-0.3, -0.25) is 4.99 Å². The molecule has 1 aliphatic carbocycles. The molecule has 2 nitrogen and oxygen atoms in total. The highest BCUT2D eigenvalue weighted by Gasteiger charge is 2.29. The van der Waals surface area contributed by atoms with Crippen molar-refractivity contribution in [1.29, 1.82) is 0 Å². The van der Waals surface area contributed by atoms with Gasteiger partial charge in [0.2, 0.25) is 0 Å². The SMILES string of the molecule is Cl.c1ccc(C2CCCC2NC2=NCCCC2)cc1. The molecule has 2 aliphatic rings. The normalized spacial score (nSPS) is 26.4. The molecule has 104 valence electrons. The van der Waals surface area contributed by atoms with Gasteiger partial charge in [0.15, 0.2) is 0 Å². The molecule has 2 atom stereocenters. The summed E-state index contributed by atoms with van der Waals surface area (Å²) in [5.74, 6) is 1.94. The highest BCUT2D eigenvalue weighted by molar-refractivity contribution is 5.85. The standard InChI is InChI=1S/C16H22N2.ClH/c1-2-7-13(8-3-1)14-9-6-10-15(14)18-16-11-4-5-12-17-16;/h1-3,7-8,14-15H,4-6,9-12H2,(H,17,18);1H. The molecular weight excluding hydrogens is 256 g/mol. The zero-order chi connectivity index (χ0) is 12.2. The van der Waals surface area contributed by atoms with Gasteiger partial charge in [-0.1, -0.05) is 36.8 Å². The van der Waals surface area contributed by atoms with E-state index in [0.29, 0.717) is 12.0 Å². The first-order chi connectivity index (χ1) is 8.93. The van der Waals surface area contributed by atoms with Crippen LogP contribution in [-0.4, -0.2) is 18.4 Å². The molecule has 1 heterocycles. The van der Waals surface area contributed by atoms with Crippen molar-refractivity contribution in [3.63, 3.8) is 0 Å². The molecule has 1 fully saturated rings. The van der Waals surface area contributed by atoms with E-state index < -0.39 is 0 Å². The molecule has 0 saturated heterocycles. The molecule has 0 amide bonds. The van der Waals surface area contributed by atoms with Crippen LogP contribution in [0.5, 0.6) is 0 Å². The first kappa shape index (κ1) is 14.4. The molecule has 1 aromatic carbocycles. The average molecular weight is 279 g/mol. The number of hydrogen-bond acceptors (Lipinski definition) is 2. The molecule has 0 aromatic heterocycles. The number of halogens is 1. The Morgan fingerprint density at radius 3 is 2.58 bits per heavy atom. The van der Waals surface area contributed by atoms with Crippen molar-refractivity contribution >= 4 is 18.2 Å². The van der Waals surface area contributed by atoms with Crippen molar-refractivity contribution < 1.29 is 0 Å². The van der Waals surface area contributed by atoms with Crippen LogP contribution in [0.25, 0.3) is 0 Å². The summed E-state index contributed by atoms with van der Waals surface area (Å²) in [6.07, 6.45) is 7.66. The molecule has 1 saturated carbocycles. The molecule has 19 heavy (non-hydrogen) atoms. The maximum Gasteiger partial charge on any atom is 0.0965 e. The largest absolute Gasteiger partial charge is 0.370 e. The lowest BCUT2D eigenvalue weighted by Gasteiger charge is -2.24. The molecule has 1 aliphatic heterocycles. The Bertz CT molecular complexity index is 416. The maximum absolute atomic E-state index is 4.63. The lowest BCUT2D eigenvalue weighted by Crippen LogP contribution is -2.37. The second kappa shape index (κ2) is 6.95. The van der Waals surface area contributed by atoms with E-state index in [1.165, 1.54) is 43.5 Å². The van der Waals surface area contributed by atoms with Gasteiger partial charge >= 0.3 is 0 Å². The van der Waals surface area contributed by atoms with E-state index in [4.69, 9.17) is 0 Å². The van der Waals surface area contributed by atoms with Gasteiger partial charge in [-0.05, 0) is 31.2 Å². The predicted octanol–water partition coefficient (Wildman–Crippen LogP) is 3.92. The summed E-state index contributed by atoms with van der Waals surface area (Å²) in [5.41, 5.74) is 1.49. The van der Waals surface area contributed by atoms with E-state index in [0.717, 1.165) is 13.0 Å². The van der Waals surface area contributed by atoms with Gasteiger partial charge in [-0.2, -0.15) is 0 Å².